The Hall–Kier alpha value is -1.46. The molecule has 1 N–H and O–H groups in total. The molecule has 0 saturated carbocycles. The third-order valence-electron chi connectivity index (χ3n) is 3.46. The number of nitrogens with zero attached hydrogens (tertiary/aromatic N) is 1. The summed E-state index contributed by atoms with van der Waals surface area (Å²) in [7, 11) is 0. The van der Waals surface area contributed by atoms with Crippen LogP contribution < -0.4 is 0 Å². The highest BCUT2D eigenvalue weighted by Gasteiger charge is 2.31. The maximum atomic E-state index is 13.7. The second-order valence-electron chi connectivity index (χ2n) is 4.64. The van der Waals surface area contributed by atoms with E-state index in [0.717, 1.165) is 0 Å². The summed E-state index contributed by atoms with van der Waals surface area (Å²) in [5, 5.41) is 9.18. The maximum absolute atomic E-state index is 13.7. The summed E-state index contributed by atoms with van der Waals surface area (Å²) in [5.74, 6) is -1.14. The summed E-state index contributed by atoms with van der Waals surface area (Å²) in [6.45, 7) is 3.23. The monoisotopic (exact) mass is 267 g/mol. The zero-order chi connectivity index (χ0) is 13.8. The number of hydrogen-bond acceptors (Lipinski definition) is 3. The van der Waals surface area contributed by atoms with Gasteiger partial charge >= 0.3 is 5.97 Å². The van der Waals surface area contributed by atoms with Gasteiger partial charge in [0.15, 0.2) is 0 Å². The van der Waals surface area contributed by atoms with Crippen LogP contribution in [0.25, 0.3) is 0 Å². The number of carboxylic acids is 1. The Kier molecular flexibility index (Phi) is 4.50. The summed E-state index contributed by atoms with van der Waals surface area (Å²) < 4.78 is 19.3. The molecule has 1 saturated heterocycles. The number of halogens is 1. The van der Waals surface area contributed by atoms with Gasteiger partial charge in [0.2, 0.25) is 0 Å². The van der Waals surface area contributed by atoms with Gasteiger partial charge < -0.3 is 9.84 Å². The van der Waals surface area contributed by atoms with E-state index in [1.165, 1.54) is 6.07 Å². The summed E-state index contributed by atoms with van der Waals surface area (Å²) in [4.78, 5) is 13.0. The molecule has 1 aromatic rings. The van der Waals surface area contributed by atoms with Gasteiger partial charge in [-0.15, -0.1) is 0 Å². The number of hydrogen-bond donors (Lipinski definition) is 1. The summed E-state index contributed by atoms with van der Waals surface area (Å²) in [6.07, 6.45) is 0.127. The van der Waals surface area contributed by atoms with Crippen LogP contribution in [-0.4, -0.2) is 41.7 Å². The Morgan fingerprint density at radius 1 is 1.58 bits per heavy atom. The predicted molar refractivity (Wildman–Crippen MR) is 68.4 cm³/mol. The minimum Gasteiger partial charge on any atom is -0.480 e. The summed E-state index contributed by atoms with van der Waals surface area (Å²) in [5.41, 5.74) is 0.493. The average Bonchev–Trinajstić information content (AvgIpc) is 2.40. The fraction of sp³-hybridized carbons (Fsp3) is 0.500. The van der Waals surface area contributed by atoms with Gasteiger partial charge in [0.05, 0.1) is 12.7 Å². The number of rotatable bonds is 4. The van der Waals surface area contributed by atoms with Gasteiger partial charge in [-0.3, -0.25) is 9.69 Å². The van der Waals surface area contributed by atoms with Crippen molar-refractivity contribution in [2.24, 2.45) is 0 Å². The molecule has 4 nitrogen and oxygen atoms in total. The van der Waals surface area contributed by atoms with E-state index in [4.69, 9.17) is 4.74 Å². The van der Waals surface area contributed by atoms with Crippen molar-refractivity contribution < 1.29 is 19.0 Å². The van der Waals surface area contributed by atoms with E-state index in [0.29, 0.717) is 31.7 Å². The van der Waals surface area contributed by atoms with Crippen molar-refractivity contribution in [3.8, 4) is 0 Å². The quantitative estimate of drug-likeness (QED) is 0.907. The Bertz CT molecular complexity index is 452. The van der Waals surface area contributed by atoms with E-state index < -0.39 is 18.1 Å². The van der Waals surface area contributed by atoms with E-state index in [-0.39, 0.29) is 5.82 Å². The van der Waals surface area contributed by atoms with Crippen LogP contribution in [0.4, 0.5) is 4.39 Å². The smallest absolute Gasteiger partial charge is 0.320 e. The molecule has 1 aliphatic heterocycles. The van der Waals surface area contributed by atoms with Gasteiger partial charge in [0, 0.05) is 18.7 Å². The number of ether oxygens (including phenoxy) is 1. The second-order valence-corrected chi connectivity index (χ2v) is 4.64. The first-order valence-corrected chi connectivity index (χ1v) is 6.46. The number of benzene rings is 1. The van der Waals surface area contributed by atoms with Crippen molar-refractivity contribution in [3.63, 3.8) is 0 Å². The van der Waals surface area contributed by atoms with E-state index in [9.17, 15) is 14.3 Å². The Morgan fingerprint density at radius 2 is 2.32 bits per heavy atom. The van der Waals surface area contributed by atoms with Crippen LogP contribution in [0, 0.1) is 5.82 Å². The molecular weight excluding hydrogens is 249 g/mol. The molecule has 0 spiro atoms. The van der Waals surface area contributed by atoms with Crippen molar-refractivity contribution in [1.29, 1.82) is 0 Å². The molecule has 0 unspecified atom stereocenters. The van der Waals surface area contributed by atoms with Crippen molar-refractivity contribution >= 4 is 5.97 Å². The lowest BCUT2D eigenvalue weighted by atomic mass is 10.1. The molecule has 5 heteroatoms. The normalized spacial score (nSPS) is 22.1. The minimum absolute atomic E-state index is 0.308. The number of aliphatic carboxylic acids is 1. The Balaban J connectivity index is 2.13. The molecule has 104 valence electrons. The van der Waals surface area contributed by atoms with Crippen LogP contribution in [0.3, 0.4) is 0 Å². The van der Waals surface area contributed by atoms with Crippen molar-refractivity contribution in [2.75, 3.05) is 19.7 Å². The number of carbonyl (C=O) groups is 1. The second kappa shape index (κ2) is 6.12. The largest absolute Gasteiger partial charge is 0.480 e. The molecule has 0 bridgehead atoms. The molecule has 0 aromatic heterocycles. The molecule has 1 fully saturated rings. The first-order chi connectivity index (χ1) is 9.13. The number of carboxylic acid groups (broad SMARTS) is 1. The lowest BCUT2D eigenvalue weighted by Gasteiger charge is -2.36. The summed E-state index contributed by atoms with van der Waals surface area (Å²) in [6, 6.07) is 5.94. The van der Waals surface area contributed by atoms with Gasteiger partial charge in [-0.1, -0.05) is 25.1 Å². The van der Waals surface area contributed by atoms with E-state index >= 15 is 0 Å². The fourth-order valence-corrected chi connectivity index (χ4v) is 2.47. The lowest BCUT2D eigenvalue weighted by molar-refractivity contribution is -0.147. The molecule has 1 aromatic carbocycles. The molecule has 2 atom stereocenters. The molecule has 0 aliphatic carbocycles. The Morgan fingerprint density at radius 3 is 2.95 bits per heavy atom. The van der Waals surface area contributed by atoms with Crippen molar-refractivity contribution in [1.82, 2.24) is 4.90 Å². The van der Waals surface area contributed by atoms with E-state index in [1.54, 1.807) is 18.2 Å². The van der Waals surface area contributed by atoms with Gasteiger partial charge in [-0.05, 0) is 12.5 Å². The highest BCUT2D eigenvalue weighted by molar-refractivity contribution is 5.73. The first-order valence-electron chi connectivity index (χ1n) is 6.46. The van der Waals surface area contributed by atoms with E-state index in [2.05, 4.69) is 0 Å². The van der Waals surface area contributed by atoms with Crippen LogP contribution >= 0.6 is 0 Å². The predicted octanol–water partition coefficient (Wildman–Crippen LogP) is 2.06. The van der Waals surface area contributed by atoms with Gasteiger partial charge in [0.1, 0.15) is 11.9 Å². The molecule has 0 radical (unpaired) electrons. The SMILES string of the molecule is CC[C@@H](C(=O)O)N1CCO[C@H](c2ccccc2F)C1. The van der Waals surface area contributed by atoms with Crippen LogP contribution in [0.1, 0.15) is 25.0 Å². The van der Waals surface area contributed by atoms with E-state index in [1.807, 2.05) is 11.8 Å². The highest BCUT2D eigenvalue weighted by atomic mass is 19.1. The molecule has 0 amide bonds. The van der Waals surface area contributed by atoms with Gasteiger partial charge in [-0.2, -0.15) is 0 Å². The topological polar surface area (TPSA) is 49.8 Å². The maximum Gasteiger partial charge on any atom is 0.320 e. The molecular formula is C14H18FNO3. The van der Waals surface area contributed by atoms with Gasteiger partial charge in [0.25, 0.3) is 0 Å². The third kappa shape index (κ3) is 3.11. The molecule has 1 heterocycles. The van der Waals surface area contributed by atoms with Crippen LogP contribution in [0.5, 0.6) is 0 Å². The van der Waals surface area contributed by atoms with Crippen molar-refractivity contribution in [2.45, 2.75) is 25.5 Å². The lowest BCUT2D eigenvalue weighted by Crippen LogP contribution is -2.48. The Labute approximate surface area is 111 Å². The van der Waals surface area contributed by atoms with Crippen molar-refractivity contribution in [3.05, 3.63) is 35.6 Å². The average molecular weight is 267 g/mol. The van der Waals surface area contributed by atoms with Gasteiger partial charge in [-0.25, -0.2) is 4.39 Å². The third-order valence-corrected chi connectivity index (χ3v) is 3.46. The fourth-order valence-electron chi connectivity index (χ4n) is 2.47. The first kappa shape index (κ1) is 14.0. The minimum atomic E-state index is -0.836. The molecule has 19 heavy (non-hydrogen) atoms. The number of morpholine rings is 1. The zero-order valence-electron chi connectivity index (χ0n) is 10.9. The standard InChI is InChI=1S/C14H18FNO3/c1-2-12(14(17)18)16-7-8-19-13(9-16)10-5-3-4-6-11(10)15/h3-6,12-13H,2,7-9H2,1H3,(H,17,18)/t12-,13-/m0/s1. The molecule has 1 aliphatic rings. The van der Waals surface area contributed by atoms with Crippen LogP contribution in [0.15, 0.2) is 24.3 Å². The van der Waals surface area contributed by atoms with Crippen LogP contribution in [0.2, 0.25) is 0 Å². The van der Waals surface area contributed by atoms with Crippen LogP contribution in [-0.2, 0) is 9.53 Å². The highest BCUT2D eigenvalue weighted by Crippen LogP contribution is 2.26. The zero-order valence-corrected chi connectivity index (χ0v) is 10.9. The summed E-state index contributed by atoms with van der Waals surface area (Å²) >= 11 is 0. The molecule has 2 rings (SSSR count).